The summed E-state index contributed by atoms with van der Waals surface area (Å²) in [5.41, 5.74) is 0. The summed E-state index contributed by atoms with van der Waals surface area (Å²) in [7, 11) is 3.89. The predicted octanol–water partition coefficient (Wildman–Crippen LogP) is 0.400. The molecule has 1 heterocycles. The molecule has 0 radical (unpaired) electrons. The molecule has 0 aromatic heterocycles. The Morgan fingerprint density at radius 1 is 1.00 bits per heavy atom. The van der Waals surface area contributed by atoms with Crippen LogP contribution in [0.2, 0.25) is 0 Å². The molecule has 1 aliphatic carbocycles. The Bertz CT molecular complexity index is 491. The largest absolute Gasteiger partial charge is 0.343 e. The van der Waals surface area contributed by atoms with Crippen LogP contribution in [0.3, 0.4) is 0 Å². The molecule has 1 saturated heterocycles. The zero-order chi connectivity index (χ0) is 18.4. The normalized spacial score (nSPS) is 19.7. The van der Waals surface area contributed by atoms with E-state index in [9.17, 15) is 14.4 Å². The van der Waals surface area contributed by atoms with Crippen molar-refractivity contribution < 1.29 is 14.4 Å². The monoisotopic (exact) mass is 352 g/mol. The van der Waals surface area contributed by atoms with Gasteiger partial charge in [-0.2, -0.15) is 0 Å². The third-order valence-corrected chi connectivity index (χ3v) is 5.52. The second-order valence-corrected chi connectivity index (χ2v) is 7.20. The number of hydrogen-bond donors (Lipinski definition) is 0. The van der Waals surface area contributed by atoms with Crippen LogP contribution in [0.25, 0.3) is 0 Å². The van der Waals surface area contributed by atoms with Gasteiger partial charge in [0.05, 0.1) is 0 Å². The molecule has 7 heteroatoms. The average Bonchev–Trinajstić information content (AvgIpc) is 2.64. The van der Waals surface area contributed by atoms with Crippen molar-refractivity contribution in [2.45, 2.75) is 45.1 Å². The molecular formula is C18H32N4O3. The second-order valence-electron chi connectivity index (χ2n) is 7.20. The van der Waals surface area contributed by atoms with Gasteiger partial charge in [-0.15, -0.1) is 0 Å². The van der Waals surface area contributed by atoms with Crippen molar-refractivity contribution in [2.75, 3.05) is 53.4 Å². The lowest BCUT2D eigenvalue weighted by molar-refractivity contribution is -0.157. The Kier molecular flexibility index (Phi) is 7.23. The van der Waals surface area contributed by atoms with Gasteiger partial charge < -0.3 is 19.6 Å². The highest BCUT2D eigenvalue weighted by atomic mass is 16.2. The van der Waals surface area contributed by atoms with E-state index < -0.39 is 11.8 Å². The van der Waals surface area contributed by atoms with Crippen LogP contribution in [-0.2, 0) is 14.4 Å². The van der Waals surface area contributed by atoms with E-state index in [0.29, 0.717) is 32.2 Å². The highest BCUT2D eigenvalue weighted by Crippen LogP contribution is 2.21. The number of carbonyl (C=O) groups is 3. The molecule has 0 spiro atoms. The minimum atomic E-state index is -0.561. The average molecular weight is 352 g/mol. The molecule has 0 atom stereocenters. The molecule has 0 N–H and O–H groups in total. The van der Waals surface area contributed by atoms with Crippen LogP contribution < -0.4 is 0 Å². The van der Waals surface area contributed by atoms with E-state index in [1.807, 2.05) is 6.92 Å². The number of amides is 3. The smallest absolute Gasteiger partial charge is 0.312 e. The zero-order valence-corrected chi connectivity index (χ0v) is 15.9. The summed E-state index contributed by atoms with van der Waals surface area (Å²) in [6, 6.07) is 0.624. The lowest BCUT2D eigenvalue weighted by atomic mass is 9.94. The van der Waals surface area contributed by atoms with Gasteiger partial charge in [0.1, 0.15) is 6.54 Å². The van der Waals surface area contributed by atoms with Crippen molar-refractivity contribution in [3.63, 3.8) is 0 Å². The van der Waals surface area contributed by atoms with E-state index in [2.05, 4.69) is 11.9 Å². The lowest BCUT2D eigenvalue weighted by Gasteiger charge is -2.34. The highest BCUT2D eigenvalue weighted by Gasteiger charge is 2.33. The van der Waals surface area contributed by atoms with Crippen LogP contribution >= 0.6 is 0 Å². The first-order valence-electron chi connectivity index (χ1n) is 9.46. The quantitative estimate of drug-likeness (QED) is 0.622. The van der Waals surface area contributed by atoms with Gasteiger partial charge in [0.25, 0.3) is 0 Å². The van der Waals surface area contributed by atoms with Crippen LogP contribution in [0.5, 0.6) is 0 Å². The van der Waals surface area contributed by atoms with E-state index >= 15 is 0 Å². The Morgan fingerprint density at radius 2 is 1.60 bits per heavy atom. The van der Waals surface area contributed by atoms with Crippen LogP contribution in [-0.4, -0.2) is 96.7 Å². The molecule has 0 aromatic carbocycles. The van der Waals surface area contributed by atoms with Gasteiger partial charge in [-0.1, -0.05) is 19.3 Å². The summed E-state index contributed by atoms with van der Waals surface area (Å²) in [6.07, 6.45) is 6.41. The third-order valence-electron chi connectivity index (χ3n) is 5.52. The topological polar surface area (TPSA) is 64.2 Å². The number of piperazine rings is 1. The number of nitrogens with zero attached hydrogens (tertiary/aromatic N) is 4. The molecule has 0 unspecified atom stereocenters. The molecule has 7 nitrogen and oxygen atoms in total. The lowest BCUT2D eigenvalue weighted by Crippen LogP contribution is -2.56. The van der Waals surface area contributed by atoms with E-state index in [0.717, 1.165) is 6.54 Å². The standard InChI is InChI=1S/C18H32N4O3/c1-4-21-12-13-22(18(25)17(21)24)14-16(23)20(3)11-10-19(2)15-8-6-5-7-9-15/h15H,4-14H2,1-3H3. The molecule has 0 aromatic rings. The first-order valence-corrected chi connectivity index (χ1v) is 9.46. The second kappa shape index (κ2) is 9.17. The fourth-order valence-electron chi connectivity index (χ4n) is 3.59. The predicted molar refractivity (Wildman–Crippen MR) is 96.0 cm³/mol. The van der Waals surface area contributed by atoms with Gasteiger partial charge in [0.15, 0.2) is 0 Å². The Morgan fingerprint density at radius 3 is 2.24 bits per heavy atom. The molecule has 1 saturated carbocycles. The van der Waals surface area contributed by atoms with E-state index in [1.165, 1.54) is 41.9 Å². The fourth-order valence-corrected chi connectivity index (χ4v) is 3.59. The molecule has 2 aliphatic rings. The van der Waals surface area contributed by atoms with Gasteiger partial charge in [-0.25, -0.2) is 0 Å². The molecule has 25 heavy (non-hydrogen) atoms. The van der Waals surface area contributed by atoms with Crippen molar-refractivity contribution in [1.82, 2.24) is 19.6 Å². The number of likely N-dealkylation sites (N-methyl/N-ethyl adjacent to an activating group) is 3. The maximum absolute atomic E-state index is 12.4. The number of rotatable bonds is 7. The molecule has 142 valence electrons. The van der Waals surface area contributed by atoms with Crippen molar-refractivity contribution in [3.8, 4) is 0 Å². The van der Waals surface area contributed by atoms with Crippen LogP contribution in [0.4, 0.5) is 0 Å². The van der Waals surface area contributed by atoms with Gasteiger partial charge in [0, 0.05) is 45.8 Å². The first kappa shape index (κ1) is 19.7. The van der Waals surface area contributed by atoms with E-state index in [4.69, 9.17) is 0 Å². The van der Waals surface area contributed by atoms with Crippen LogP contribution in [0, 0.1) is 0 Å². The van der Waals surface area contributed by atoms with Crippen molar-refractivity contribution in [3.05, 3.63) is 0 Å². The van der Waals surface area contributed by atoms with Crippen molar-refractivity contribution in [2.24, 2.45) is 0 Å². The summed E-state index contributed by atoms with van der Waals surface area (Å²) in [5, 5.41) is 0. The first-order chi connectivity index (χ1) is 11.9. The summed E-state index contributed by atoms with van der Waals surface area (Å²) >= 11 is 0. The molecule has 0 bridgehead atoms. The Balaban J connectivity index is 1.76. The van der Waals surface area contributed by atoms with Crippen LogP contribution in [0.1, 0.15) is 39.0 Å². The van der Waals surface area contributed by atoms with Gasteiger partial charge in [-0.3, -0.25) is 14.4 Å². The summed E-state index contributed by atoms with van der Waals surface area (Å²) in [5.74, 6) is -1.17. The van der Waals surface area contributed by atoms with Crippen molar-refractivity contribution in [1.29, 1.82) is 0 Å². The third kappa shape index (κ3) is 5.17. The Labute approximate surface area is 150 Å². The maximum atomic E-state index is 12.4. The van der Waals surface area contributed by atoms with Gasteiger partial charge >= 0.3 is 11.8 Å². The Hall–Kier alpha value is -1.63. The maximum Gasteiger partial charge on any atom is 0.312 e. The van der Waals surface area contributed by atoms with Crippen LogP contribution in [0.15, 0.2) is 0 Å². The van der Waals surface area contributed by atoms with Gasteiger partial charge in [0.2, 0.25) is 5.91 Å². The summed E-state index contributed by atoms with van der Waals surface area (Å²) in [6.45, 7) is 4.78. The number of hydrogen-bond acceptors (Lipinski definition) is 4. The molecular weight excluding hydrogens is 320 g/mol. The number of carbonyl (C=O) groups excluding carboxylic acids is 3. The highest BCUT2D eigenvalue weighted by molar-refractivity contribution is 6.35. The fraction of sp³-hybridized carbons (Fsp3) is 0.833. The van der Waals surface area contributed by atoms with E-state index in [1.54, 1.807) is 11.9 Å². The molecule has 3 amide bonds. The van der Waals surface area contributed by atoms with Crippen molar-refractivity contribution >= 4 is 17.7 Å². The molecule has 2 fully saturated rings. The minimum Gasteiger partial charge on any atom is -0.343 e. The summed E-state index contributed by atoms with van der Waals surface area (Å²) in [4.78, 5) is 43.3. The molecule has 1 aliphatic heterocycles. The zero-order valence-electron chi connectivity index (χ0n) is 15.9. The minimum absolute atomic E-state index is 0.00816. The molecule has 2 rings (SSSR count). The van der Waals surface area contributed by atoms with Gasteiger partial charge in [-0.05, 0) is 26.8 Å². The SMILES string of the molecule is CCN1CCN(CC(=O)N(C)CCN(C)C2CCCCC2)C(=O)C1=O. The summed E-state index contributed by atoms with van der Waals surface area (Å²) < 4.78 is 0. The van der Waals surface area contributed by atoms with E-state index in [-0.39, 0.29) is 12.5 Å².